The second-order valence-corrected chi connectivity index (χ2v) is 16.2. The number of ether oxygens (including phenoxy) is 1. The number of fused-ring (bicyclic) bond motifs is 4. The van der Waals surface area contributed by atoms with Crippen molar-refractivity contribution in [3.8, 4) is 73.2 Å². The lowest BCUT2D eigenvalue weighted by molar-refractivity contribution is -0.571. The van der Waals surface area contributed by atoms with Crippen LogP contribution in [0.4, 0.5) is 0 Å². The van der Waals surface area contributed by atoms with E-state index >= 15 is 0 Å². The third-order valence-corrected chi connectivity index (χ3v) is 12.3. The number of pyridine rings is 1. The zero-order valence-corrected chi connectivity index (χ0v) is 35.3. The quantitative estimate of drug-likeness (QED) is 0.107. The predicted molar refractivity (Wildman–Crippen MR) is 264 cm³/mol. The molecule has 0 spiro atoms. The van der Waals surface area contributed by atoms with Crippen molar-refractivity contribution in [3.05, 3.63) is 249 Å². The second kappa shape index (κ2) is 16.2. The Bertz CT molecular complexity index is 3550. The Kier molecular flexibility index (Phi) is 9.42. The third-order valence-electron chi connectivity index (χ3n) is 12.3. The van der Waals surface area contributed by atoms with Crippen molar-refractivity contribution in [1.82, 2.24) is 14.1 Å². The zero-order chi connectivity index (χ0) is 43.1. The highest BCUT2D eigenvalue weighted by atomic mass is 16.5. The Morgan fingerprint density at radius 3 is 1.63 bits per heavy atom. The van der Waals surface area contributed by atoms with Crippen molar-refractivity contribution < 1.29 is 9.30 Å². The molecular formula is C60H40N4O. The average Bonchev–Trinajstić information content (AvgIpc) is 3.93. The minimum absolute atomic E-state index is 0.721. The van der Waals surface area contributed by atoms with Crippen LogP contribution in [0.2, 0.25) is 0 Å². The molecule has 9 aromatic carbocycles. The number of hydrogen-bond acceptors (Lipinski definition) is 2. The molecule has 0 radical (unpaired) electrons. The first-order valence-corrected chi connectivity index (χ1v) is 21.9. The highest BCUT2D eigenvalue weighted by Gasteiger charge is 2.21. The fraction of sp³-hybridized carbons (Fsp3) is 0. The van der Waals surface area contributed by atoms with E-state index in [0.29, 0.717) is 0 Å². The SMILES string of the molecule is [c-]1n(-c2cccc(Oc3ccc4c5ccccc5n(-c5ccccn5)c4c3)c2)c2ccccc2[n+]1-c1c(-c2ccc(-c3ccccc3)cc2)cccc1-c1ccc(-c2ccccc2)cc1. The molecule has 12 aromatic rings. The molecular weight excluding hydrogens is 793 g/mol. The maximum absolute atomic E-state index is 6.71. The fourth-order valence-corrected chi connectivity index (χ4v) is 9.18. The number of rotatable bonds is 9. The highest BCUT2D eigenvalue weighted by Crippen LogP contribution is 2.38. The van der Waals surface area contributed by atoms with Gasteiger partial charge in [-0.05, 0) is 93.0 Å². The van der Waals surface area contributed by atoms with Gasteiger partial charge in [0.1, 0.15) is 17.3 Å². The van der Waals surface area contributed by atoms with Crippen molar-refractivity contribution >= 4 is 32.8 Å². The number of benzene rings is 9. The first-order chi connectivity index (χ1) is 32.2. The van der Waals surface area contributed by atoms with Gasteiger partial charge >= 0.3 is 0 Å². The summed E-state index contributed by atoms with van der Waals surface area (Å²) in [5.41, 5.74) is 15.3. The van der Waals surface area contributed by atoms with Crippen LogP contribution in [0.3, 0.4) is 0 Å². The summed E-state index contributed by atoms with van der Waals surface area (Å²) in [6.45, 7) is 0. The molecule has 0 aliphatic rings. The Balaban J connectivity index is 0.973. The van der Waals surface area contributed by atoms with Gasteiger partial charge in [0.25, 0.3) is 6.33 Å². The Morgan fingerprint density at radius 1 is 0.400 bits per heavy atom. The number of nitrogens with zero attached hydrogens (tertiary/aromatic N) is 4. The van der Waals surface area contributed by atoms with Crippen molar-refractivity contribution in [3.63, 3.8) is 0 Å². The van der Waals surface area contributed by atoms with Crippen LogP contribution in [0.25, 0.3) is 94.5 Å². The van der Waals surface area contributed by atoms with E-state index in [-0.39, 0.29) is 0 Å². The van der Waals surface area contributed by atoms with Crippen molar-refractivity contribution in [1.29, 1.82) is 0 Å². The summed E-state index contributed by atoms with van der Waals surface area (Å²) in [7, 11) is 0. The highest BCUT2D eigenvalue weighted by molar-refractivity contribution is 6.09. The number of hydrogen-bond donors (Lipinski definition) is 0. The van der Waals surface area contributed by atoms with Gasteiger partial charge in [-0.25, -0.2) is 4.98 Å². The van der Waals surface area contributed by atoms with Gasteiger partial charge in [0.2, 0.25) is 0 Å². The molecule has 5 nitrogen and oxygen atoms in total. The van der Waals surface area contributed by atoms with E-state index in [1.807, 2.05) is 42.6 Å². The largest absolute Gasteiger partial charge is 0.458 e. The van der Waals surface area contributed by atoms with E-state index in [9.17, 15) is 0 Å². The molecule has 0 saturated heterocycles. The van der Waals surface area contributed by atoms with Gasteiger partial charge in [-0.2, -0.15) is 0 Å². The maximum atomic E-state index is 6.71. The van der Waals surface area contributed by atoms with E-state index in [4.69, 9.17) is 9.72 Å². The van der Waals surface area contributed by atoms with Gasteiger partial charge in [0.05, 0.1) is 33.4 Å². The van der Waals surface area contributed by atoms with Gasteiger partial charge in [-0.3, -0.25) is 13.7 Å². The smallest absolute Gasteiger partial charge is 0.269 e. The lowest BCUT2D eigenvalue weighted by Gasteiger charge is -2.18. The van der Waals surface area contributed by atoms with Crippen LogP contribution in [0, 0.1) is 6.33 Å². The van der Waals surface area contributed by atoms with Crippen LogP contribution in [0.5, 0.6) is 11.5 Å². The van der Waals surface area contributed by atoms with Gasteiger partial charge in [-0.15, -0.1) is 0 Å². The first kappa shape index (κ1) is 37.9. The molecule has 3 heterocycles. The zero-order valence-electron chi connectivity index (χ0n) is 35.3. The summed E-state index contributed by atoms with van der Waals surface area (Å²) < 4.78 is 13.3. The molecule has 0 N–H and O–H groups in total. The molecule has 0 atom stereocenters. The summed E-state index contributed by atoms with van der Waals surface area (Å²) >= 11 is 0. The van der Waals surface area contributed by atoms with Crippen LogP contribution in [0.15, 0.2) is 243 Å². The number of aromatic nitrogens is 4. The molecule has 3 aromatic heterocycles. The Hall–Kier alpha value is -8.80. The molecule has 0 saturated carbocycles. The molecule has 12 rings (SSSR count). The van der Waals surface area contributed by atoms with Gasteiger partial charge < -0.3 is 4.74 Å². The fourth-order valence-electron chi connectivity index (χ4n) is 9.18. The minimum atomic E-state index is 0.721. The summed E-state index contributed by atoms with van der Waals surface area (Å²) in [4.78, 5) is 4.72. The molecule has 0 amide bonds. The van der Waals surface area contributed by atoms with Crippen LogP contribution in [-0.4, -0.2) is 14.1 Å². The van der Waals surface area contributed by atoms with Crippen LogP contribution < -0.4 is 9.30 Å². The van der Waals surface area contributed by atoms with E-state index in [2.05, 4.69) is 220 Å². The Morgan fingerprint density at radius 2 is 0.954 bits per heavy atom. The van der Waals surface area contributed by atoms with E-state index in [1.165, 1.54) is 27.6 Å². The standard InChI is InChI=1S/C60H40N4O/c1-3-15-42(16-4-1)44-28-32-46(33-29-44)51-22-14-23-52(47-34-30-45(31-35-47)43-17-5-2-6-18-43)60(51)63-41-62(56-25-9-10-26-57(56)63)48-19-13-20-49(39-48)65-50-36-37-54-53-21-7-8-24-55(53)64(58(54)40-50)59-27-11-12-38-61-59/h1-40H. The van der Waals surface area contributed by atoms with Crippen LogP contribution in [-0.2, 0) is 0 Å². The van der Waals surface area contributed by atoms with Gasteiger partial charge in [-0.1, -0.05) is 182 Å². The molecule has 0 fully saturated rings. The molecule has 0 aliphatic heterocycles. The summed E-state index contributed by atoms with van der Waals surface area (Å²) in [5, 5.41) is 2.31. The van der Waals surface area contributed by atoms with E-state index in [0.717, 1.165) is 78.4 Å². The van der Waals surface area contributed by atoms with E-state index in [1.54, 1.807) is 0 Å². The molecule has 0 unspecified atom stereocenters. The van der Waals surface area contributed by atoms with Crippen molar-refractivity contribution in [2.45, 2.75) is 0 Å². The molecule has 306 valence electrons. The van der Waals surface area contributed by atoms with Gasteiger partial charge in [0.15, 0.2) is 0 Å². The number of imidazole rings is 1. The van der Waals surface area contributed by atoms with Gasteiger partial charge in [0, 0.05) is 23.0 Å². The van der Waals surface area contributed by atoms with Crippen LogP contribution >= 0.6 is 0 Å². The molecule has 0 aliphatic carbocycles. The molecule has 65 heavy (non-hydrogen) atoms. The van der Waals surface area contributed by atoms with E-state index < -0.39 is 0 Å². The lowest BCUT2D eigenvalue weighted by atomic mass is 9.93. The average molecular weight is 833 g/mol. The first-order valence-electron chi connectivity index (χ1n) is 21.9. The second-order valence-electron chi connectivity index (χ2n) is 16.2. The normalized spacial score (nSPS) is 11.4. The number of para-hydroxylation sites is 4. The Labute approximate surface area is 377 Å². The molecule has 0 bridgehead atoms. The lowest BCUT2D eigenvalue weighted by Crippen LogP contribution is -2.31. The van der Waals surface area contributed by atoms with Crippen molar-refractivity contribution in [2.24, 2.45) is 0 Å². The summed E-state index contributed by atoms with van der Waals surface area (Å²) in [6.07, 6.45) is 5.67. The third kappa shape index (κ3) is 6.93. The summed E-state index contributed by atoms with van der Waals surface area (Å²) in [5.74, 6) is 2.32. The summed E-state index contributed by atoms with van der Waals surface area (Å²) in [6, 6.07) is 83.0. The predicted octanol–water partition coefficient (Wildman–Crippen LogP) is 14.7. The van der Waals surface area contributed by atoms with Crippen molar-refractivity contribution in [2.75, 3.05) is 0 Å². The minimum Gasteiger partial charge on any atom is -0.458 e. The topological polar surface area (TPSA) is 35.9 Å². The van der Waals surface area contributed by atoms with Crippen LogP contribution in [0.1, 0.15) is 0 Å². The maximum Gasteiger partial charge on any atom is 0.269 e. The molecule has 5 heteroatoms. The monoisotopic (exact) mass is 832 g/mol.